The third-order valence-electron chi connectivity index (χ3n) is 3.14. The normalized spacial score (nSPS) is 11.8. The average Bonchev–Trinajstić information content (AvgIpc) is 2.46. The number of hydrogen-bond acceptors (Lipinski definition) is 3. The molecule has 0 aromatic heterocycles. The van der Waals surface area contributed by atoms with E-state index in [0.717, 1.165) is 11.3 Å². The van der Waals surface area contributed by atoms with E-state index in [0.29, 0.717) is 16.3 Å². The van der Waals surface area contributed by atoms with Crippen molar-refractivity contribution in [2.24, 2.45) is 0 Å². The van der Waals surface area contributed by atoms with Gasteiger partial charge in [-0.2, -0.15) is 0 Å². The molecular weight excluding hydrogens is 288 g/mol. The Morgan fingerprint density at radius 1 is 1.29 bits per heavy atom. The highest BCUT2D eigenvalue weighted by Crippen LogP contribution is 2.25. The number of benzene rings is 2. The van der Waals surface area contributed by atoms with Crippen molar-refractivity contribution in [3.05, 3.63) is 58.6 Å². The maximum atomic E-state index is 12.3. The van der Waals surface area contributed by atoms with Crippen molar-refractivity contribution in [1.29, 1.82) is 0 Å². The van der Waals surface area contributed by atoms with E-state index in [4.69, 9.17) is 22.1 Å². The molecule has 110 valence electrons. The number of methoxy groups -OCH3 is 1. The molecule has 0 saturated heterocycles. The summed E-state index contributed by atoms with van der Waals surface area (Å²) in [5.41, 5.74) is 7.49. The van der Waals surface area contributed by atoms with Gasteiger partial charge in [0.2, 0.25) is 0 Å². The number of nitrogens with two attached hydrogens (primary N) is 1. The van der Waals surface area contributed by atoms with Crippen LogP contribution in [0.4, 0.5) is 5.69 Å². The molecule has 3 N–H and O–H groups in total. The fourth-order valence-electron chi connectivity index (χ4n) is 2.13. The number of nitrogen functional groups attached to an aromatic ring is 1. The lowest BCUT2D eigenvalue weighted by Gasteiger charge is -2.17. The second-order valence-electron chi connectivity index (χ2n) is 4.71. The Balaban J connectivity index is 2.18. The van der Waals surface area contributed by atoms with Crippen LogP contribution in [0.15, 0.2) is 42.5 Å². The predicted octanol–water partition coefficient (Wildman–Crippen LogP) is 3.42. The van der Waals surface area contributed by atoms with Crippen LogP contribution in [0, 0.1) is 0 Å². The fourth-order valence-corrected chi connectivity index (χ4v) is 2.37. The van der Waals surface area contributed by atoms with Gasteiger partial charge in [0.1, 0.15) is 5.75 Å². The number of carbonyl (C=O) groups excluding carboxylic acids is 1. The zero-order valence-electron chi connectivity index (χ0n) is 11.9. The number of amides is 1. The number of nitrogens with one attached hydrogen (secondary N) is 1. The lowest BCUT2D eigenvalue weighted by atomic mass is 10.1. The molecule has 0 spiro atoms. The van der Waals surface area contributed by atoms with Crippen molar-refractivity contribution in [2.45, 2.75) is 13.0 Å². The highest BCUT2D eigenvalue weighted by atomic mass is 35.5. The highest BCUT2D eigenvalue weighted by Gasteiger charge is 2.15. The van der Waals surface area contributed by atoms with Gasteiger partial charge in [-0.05, 0) is 31.2 Å². The van der Waals surface area contributed by atoms with Crippen LogP contribution < -0.4 is 15.8 Å². The summed E-state index contributed by atoms with van der Waals surface area (Å²) in [5, 5.41) is 3.34. The van der Waals surface area contributed by atoms with Crippen LogP contribution in [0.25, 0.3) is 0 Å². The molecule has 1 amide bonds. The number of para-hydroxylation sites is 1. The van der Waals surface area contributed by atoms with E-state index in [1.165, 1.54) is 0 Å². The van der Waals surface area contributed by atoms with Gasteiger partial charge < -0.3 is 15.8 Å². The number of hydrogen-bond donors (Lipinski definition) is 2. The largest absolute Gasteiger partial charge is 0.496 e. The molecule has 2 aromatic rings. The summed E-state index contributed by atoms with van der Waals surface area (Å²) in [7, 11) is 1.60. The third-order valence-corrected chi connectivity index (χ3v) is 3.35. The molecule has 0 saturated carbocycles. The van der Waals surface area contributed by atoms with E-state index in [1.54, 1.807) is 25.3 Å². The molecule has 0 radical (unpaired) electrons. The Bertz CT molecular complexity index is 638. The SMILES string of the molecule is COc1ccccc1[C@@H](C)NC(=O)c1cc(N)cc(Cl)c1. The summed E-state index contributed by atoms with van der Waals surface area (Å²) < 4.78 is 5.30. The smallest absolute Gasteiger partial charge is 0.251 e. The highest BCUT2D eigenvalue weighted by molar-refractivity contribution is 6.31. The van der Waals surface area contributed by atoms with E-state index in [1.807, 2.05) is 31.2 Å². The summed E-state index contributed by atoms with van der Waals surface area (Å²) in [4.78, 5) is 12.3. The van der Waals surface area contributed by atoms with Crippen LogP contribution in [0.5, 0.6) is 5.75 Å². The Kier molecular flexibility index (Phi) is 4.70. The lowest BCUT2D eigenvalue weighted by molar-refractivity contribution is 0.0939. The van der Waals surface area contributed by atoms with Crippen LogP contribution in [0.3, 0.4) is 0 Å². The Morgan fingerprint density at radius 2 is 2.00 bits per heavy atom. The van der Waals surface area contributed by atoms with Crippen molar-refractivity contribution < 1.29 is 9.53 Å². The molecule has 21 heavy (non-hydrogen) atoms. The molecule has 5 heteroatoms. The minimum absolute atomic E-state index is 0.200. The van der Waals surface area contributed by atoms with Crippen molar-refractivity contribution >= 4 is 23.2 Å². The molecule has 0 bridgehead atoms. The summed E-state index contributed by atoms with van der Waals surface area (Å²) in [5.74, 6) is 0.499. The van der Waals surface area contributed by atoms with Gasteiger partial charge in [0.15, 0.2) is 0 Å². The second-order valence-corrected chi connectivity index (χ2v) is 5.15. The second kappa shape index (κ2) is 6.50. The summed E-state index contributed by atoms with van der Waals surface area (Å²) in [6, 6.07) is 12.1. The van der Waals surface area contributed by atoms with Crippen molar-refractivity contribution in [3.63, 3.8) is 0 Å². The number of halogens is 1. The van der Waals surface area contributed by atoms with E-state index >= 15 is 0 Å². The zero-order chi connectivity index (χ0) is 15.4. The van der Waals surface area contributed by atoms with Crippen LogP contribution >= 0.6 is 11.6 Å². The van der Waals surface area contributed by atoms with Gasteiger partial charge >= 0.3 is 0 Å². The summed E-state index contributed by atoms with van der Waals surface area (Å²) in [6.07, 6.45) is 0. The quantitative estimate of drug-likeness (QED) is 0.851. The van der Waals surface area contributed by atoms with E-state index < -0.39 is 0 Å². The van der Waals surface area contributed by atoms with Crippen LogP contribution in [-0.4, -0.2) is 13.0 Å². The first-order valence-electron chi connectivity index (χ1n) is 6.51. The first kappa shape index (κ1) is 15.2. The van der Waals surface area contributed by atoms with E-state index in [-0.39, 0.29) is 11.9 Å². The molecule has 4 nitrogen and oxygen atoms in total. The Hall–Kier alpha value is -2.20. The van der Waals surface area contributed by atoms with Gasteiger partial charge in [-0.15, -0.1) is 0 Å². The van der Waals surface area contributed by atoms with E-state index in [9.17, 15) is 4.79 Å². The molecule has 0 aliphatic carbocycles. The van der Waals surface area contributed by atoms with Gasteiger partial charge in [-0.25, -0.2) is 0 Å². The molecule has 2 rings (SSSR count). The molecule has 0 heterocycles. The Labute approximate surface area is 128 Å². The van der Waals surface area contributed by atoms with Gasteiger partial charge in [0.25, 0.3) is 5.91 Å². The molecule has 0 aliphatic heterocycles. The predicted molar refractivity (Wildman–Crippen MR) is 84.7 cm³/mol. The van der Waals surface area contributed by atoms with Gasteiger partial charge in [-0.1, -0.05) is 29.8 Å². The number of rotatable bonds is 4. The maximum absolute atomic E-state index is 12.3. The van der Waals surface area contributed by atoms with E-state index in [2.05, 4.69) is 5.32 Å². The van der Waals surface area contributed by atoms with Crippen LogP contribution in [-0.2, 0) is 0 Å². The summed E-state index contributed by atoms with van der Waals surface area (Å²) in [6.45, 7) is 1.89. The van der Waals surface area contributed by atoms with Gasteiger partial charge in [0, 0.05) is 21.8 Å². The van der Waals surface area contributed by atoms with Gasteiger partial charge in [0.05, 0.1) is 13.2 Å². The molecule has 0 fully saturated rings. The minimum atomic E-state index is -0.234. The maximum Gasteiger partial charge on any atom is 0.251 e. The number of ether oxygens (including phenoxy) is 1. The van der Waals surface area contributed by atoms with Crippen molar-refractivity contribution in [2.75, 3.05) is 12.8 Å². The minimum Gasteiger partial charge on any atom is -0.496 e. The van der Waals surface area contributed by atoms with Crippen molar-refractivity contribution in [3.8, 4) is 5.75 Å². The summed E-state index contributed by atoms with van der Waals surface area (Å²) >= 11 is 5.92. The average molecular weight is 305 g/mol. The molecular formula is C16H17ClN2O2. The van der Waals surface area contributed by atoms with Crippen LogP contribution in [0.1, 0.15) is 28.9 Å². The van der Waals surface area contributed by atoms with Crippen molar-refractivity contribution in [1.82, 2.24) is 5.32 Å². The first-order valence-corrected chi connectivity index (χ1v) is 6.89. The Morgan fingerprint density at radius 3 is 2.67 bits per heavy atom. The molecule has 0 aliphatic rings. The number of carbonyl (C=O) groups is 1. The fraction of sp³-hybridized carbons (Fsp3) is 0.188. The lowest BCUT2D eigenvalue weighted by Crippen LogP contribution is -2.27. The van der Waals surface area contributed by atoms with Gasteiger partial charge in [-0.3, -0.25) is 4.79 Å². The molecule has 1 atom stereocenters. The standard InChI is InChI=1S/C16H17ClN2O2/c1-10(14-5-3-4-6-15(14)21-2)19-16(20)11-7-12(17)9-13(18)8-11/h3-10H,18H2,1-2H3,(H,19,20)/t10-/m1/s1. The monoisotopic (exact) mass is 304 g/mol. The molecule has 0 unspecified atom stereocenters. The topological polar surface area (TPSA) is 64.3 Å². The van der Waals surface area contributed by atoms with Crippen LogP contribution in [0.2, 0.25) is 5.02 Å². The number of anilines is 1. The third kappa shape index (κ3) is 3.67. The first-order chi connectivity index (χ1) is 10.0. The zero-order valence-corrected chi connectivity index (χ0v) is 12.6. The molecule has 2 aromatic carbocycles.